The zero-order valence-corrected chi connectivity index (χ0v) is 10.2. The molecule has 1 aliphatic heterocycles. The molecule has 0 bridgehead atoms. The van der Waals surface area contributed by atoms with Crippen molar-refractivity contribution < 1.29 is 4.79 Å². The molecule has 1 saturated heterocycles. The summed E-state index contributed by atoms with van der Waals surface area (Å²) in [6.07, 6.45) is 7.78. The lowest BCUT2D eigenvalue weighted by Crippen LogP contribution is -2.52. The predicted octanol–water partition coefficient (Wildman–Crippen LogP) is 1.70. The minimum absolute atomic E-state index is 0.321. The molecule has 0 aromatic heterocycles. The molecule has 1 unspecified atom stereocenters. The first-order valence-corrected chi connectivity index (χ1v) is 6.45. The van der Waals surface area contributed by atoms with Gasteiger partial charge < -0.3 is 10.2 Å². The average Bonchev–Trinajstić information content (AvgIpc) is 2.31. The molecule has 3 nitrogen and oxygen atoms in total. The zero-order valence-electron chi connectivity index (χ0n) is 10.2. The molecular formula is C13H22N2O. The number of piperazine rings is 1. The molecule has 1 aliphatic carbocycles. The maximum atomic E-state index is 12.1. The molecule has 0 spiro atoms. The maximum absolute atomic E-state index is 12.1. The van der Waals surface area contributed by atoms with Gasteiger partial charge >= 0.3 is 0 Å². The molecule has 2 aliphatic rings. The Bertz CT molecular complexity index is 286. The van der Waals surface area contributed by atoms with Crippen LogP contribution in [0.4, 0.5) is 0 Å². The van der Waals surface area contributed by atoms with Crippen LogP contribution in [-0.2, 0) is 4.79 Å². The maximum Gasteiger partial charge on any atom is 0.226 e. The van der Waals surface area contributed by atoms with Crippen molar-refractivity contribution in [2.45, 2.75) is 45.1 Å². The van der Waals surface area contributed by atoms with E-state index in [1.54, 1.807) is 0 Å². The van der Waals surface area contributed by atoms with Gasteiger partial charge in [-0.2, -0.15) is 0 Å². The molecule has 1 fully saturated rings. The summed E-state index contributed by atoms with van der Waals surface area (Å²) in [5, 5.41) is 3.31. The van der Waals surface area contributed by atoms with Gasteiger partial charge in [-0.05, 0) is 32.6 Å². The SMILES string of the molecule is CC1CNCCN1C(=O)CC1=CCCCC1. The second kappa shape index (κ2) is 5.48. The summed E-state index contributed by atoms with van der Waals surface area (Å²) in [4.78, 5) is 14.2. The third kappa shape index (κ3) is 2.85. The Balaban J connectivity index is 1.88. The van der Waals surface area contributed by atoms with E-state index >= 15 is 0 Å². The van der Waals surface area contributed by atoms with Gasteiger partial charge in [0.25, 0.3) is 0 Å². The van der Waals surface area contributed by atoms with E-state index < -0.39 is 0 Å². The van der Waals surface area contributed by atoms with E-state index in [0.29, 0.717) is 18.4 Å². The number of carbonyl (C=O) groups excluding carboxylic acids is 1. The Morgan fingerprint density at radius 1 is 1.56 bits per heavy atom. The Morgan fingerprint density at radius 3 is 3.12 bits per heavy atom. The number of carbonyl (C=O) groups is 1. The molecule has 1 atom stereocenters. The van der Waals surface area contributed by atoms with Crippen molar-refractivity contribution in [3.05, 3.63) is 11.6 Å². The van der Waals surface area contributed by atoms with Crippen LogP contribution in [-0.4, -0.2) is 36.5 Å². The first kappa shape index (κ1) is 11.6. The largest absolute Gasteiger partial charge is 0.337 e. The van der Waals surface area contributed by atoms with Gasteiger partial charge in [0, 0.05) is 32.1 Å². The van der Waals surface area contributed by atoms with E-state index in [1.807, 2.05) is 4.90 Å². The van der Waals surface area contributed by atoms with Crippen molar-refractivity contribution in [3.63, 3.8) is 0 Å². The molecule has 1 amide bonds. The molecule has 0 aromatic carbocycles. The smallest absolute Gasteiger partial charge is 0.226 e. The molecule has 3 heteroatoms. The summed E-state index contributed by atoms with van der Waals surface area (Å²) in [7, 11) is 0. The lowest BCUT2D eigenvalue weighted by Gasteiger charge is -2.34. The van der Waals surface area contributed by atoms with Crippen molar-refractivity contribution >= 4 is 5.91 Å². The Labute approximate surface area is 97.9 Å². The van der Waals surface area contributed by atoms with Crippen molar-refractivity contribution in [3.8, 4) is 0 Å². The Kier molecular flexibility index (Phi) is 3.99. The first-order chi connectivity index (χ1) is 7.77. The zero-order chi connectivity index (χ0) is 11.4. The molecule has 0 aromatic rings. The number of nitrogens with zero attached hydrogens (tertiary/aromatic N) is 1. The topological polar surface area (TPSA) is 32.3 Å². The number of amides is 1. The highest BCUT2D eigenvalue weighted by Crippen LogP contribution is 2.21. The van der Waals surface area contributed by atoms with Crippen LogP contribution in [0.15, 0.2) is 11.6 Å². The average molecular weight is 222 g/mol. The third-order valence-electron chi connectivity index (χ3n) is 3.58. The van der Waals surface area contributed by atoms with Gasteiger partial charge in [0.05, 0.1) is 0 Å². The molecule has 1 heterocycles. The normalized spacial score (nSPS) is 26.4. The molecule has 0 saturated carbocycles. The van der Waals surface area contributed by atoms with Crippen molar-refractivity contribution in [1.82, 2.24) is 10.2 Å². The quantitative estimate of drug-likeness (QED) is 0.721. The first-order valence-electron chi connectivity index (χ1n) is 6.45. The summed E-state index contributed by atoms with van der Waals surface area (Å²) in [6.45, 7) is 4.87. The van der Waals surface area contributed by atoms with Gasteiger partial charge in [0.1, 0.15) is 0 Å². The van der Waals surface area contributed by atoms with Crippen LogP contribution in [0.3, 0.4) is 0 Å². The van der Waals surface area contributed by atoms with Gasteiger partial charge in [-0.1, -0.05) is 11.6 Å². The lowest BCUT2D eigenvalue weighted by molar-refractivity contribution is -0.133. The summed E-state index contributed by atoms with van der Waals surface area (Å²) >= 11 is 0. The Morgan fingerprint density at radius 2 is 2.44 bits per heavy atom. The molecule has 16 heavy (non-hydrogen) atoms. The Hall–Kier alpha value is -0.830. The highest BCUT2D eigenvalue weighted by molar-refractivity contribution is 5.79. The molecule has 90 valence electrons. The van der Waals surface area contributed by atoms with E-state index in [1.165, 1.54) is 24.8 Å². The van der Waals surface area contributed by atoms with Gasteiger partial charge in [0.15, 0.2) is 0 Å². The fourth-order valence-electron chi connectivity index (χ4n) is 2.57. The van der Waals surface area contributed by atoms with Crippen molar-refractivity contribution in [2.75, 3.05) is 19.6 Å². The van der Waals surface area contributed by atoms with Crippen LogP contribution < -0.4 is 5.32 Å². The summed E-state index contributed by atoms with van der Waals surface area (Å²) in [6, 6.07) is 0.352. The van der Waals surface area contributed by atoms with E-state index in [4.69, 9.17) is 0 Å². The number of hydrogen-bond donors (Lipinski definition) is 1. The number of allylic oxidation sites excluding steroid dienone is 1. The number of hydrogen-bond acceptors (Lipinski definition) is 2. The van der Waals surface area contributed by atoms with E-state index in [0.717, 1.165) is 26.1 Å². The van der Waals surface area contributed by atoms with Gasteiger partial charge in [-0.3, -0.25) is 4.79 Å². The van der Waals surface area contributed by atoms with Crippen LogP contribution in [0.1, 0.15) is 39.0 Å². The minimum atomic E-state index is 0.321. The third-order valence-corrected chi connectivity index (χ3v) is 3.58. The van der Waals surface area contributed by atoms with E-state index in [9.17, 15) is 4.79 Å². The molecule has 1 N–H and O–H groups in total. The highest BCUT2D eigenvalue weighted by Gasteiger charge is 2.23. The van der Waals surface area contributed by atoms with Crippen LogP contribution in [0.25, 0.3) is 0 Å². The van der Waals surface area contributed by atoms with Crippen LogP contribution >= 0.6 is 0 Å². The highest BCUT2D eigenvalue weighted by atomic mass is 16.2. The number of nitrogens with one attached hydrogen (secondary N) is 1. The summed E-state index contributed by atoms with van der Waals surface area (Å²) in [5.41, 5.74) is 1.36. The lowest BCUT2D eigenvalue weighted by atomic mass is 9.96. The second-order valence-corrected chi connectivity index (χ2v) is 4.93. The minimum Gasteiger partial charge on any atom is -0.337 e. The number of rotatable bonds is 2. The van der Waals surface area contributed by atoms with Crippen LogP contribution in [0.5, 0.6) is 0 Å². The predicted molar refractivity (Wildman–Crippen MR) is 65.2 cm³/mol. The summed E-state index contributed by atoms with van der Waals surface area (Å²) in [5.74, 6) is 0.321. The van der Waals surface area contributed by atoms with Gasteiger partial charge in [0.2, 0.25) is 5.91 Å². The van der Waals surface area contributed by atoms with Crippen LogP contribution in [0, 0.1) is 0 Å². The fourth-order valence-corrected chi connectivity index (χ4v) is 2.57. The molecule has 2 rings (SSSR count). The van der Waals surface area contributed by atoms with Gasteiger partial charge in [-0.15, -0.1) is 0 Å². The van der Waals surface area contributed by atoms with E-state index in [2.05, 4.69) is 18.3 Å². The second-order valence-electron chi connectivity index (χ2n) is 4.93. The van der Waals surface area contributed by atoms with Gasteiger partial charge in [-0.25, -0.2) is 0 Å². The van der Waals surface area contributed by atoms with Crippen molar-refractivity contribution in [1.29, 1.82) is 0 Å². The molecule has 0 radical (unpaired) electrons. The summed E-state index contributed by atoms with van der Waals surface area (Å²) < 4.78 is 0. The molecular weight excluding hydrogens is 200 g/mol. The fraction of sp³-hybridized carbons (Fsp3) is 0.769. The standard InChI is InChI=1S/C13H22N2O/c1-11-10-14-7-8-15(11)13(16)9-12-5-3-2-4-6-12/h5,11,14H,2-4,6-10H2,1H3. The van der Waals surface area contributed by atoms with E-state index in [-0.39, 0.29) is 0 Å². The monoisotopic (exact) mass is 222 g/mol. The van der Waals surface area contributed by atoms with Crippen LogP contribution in [0.2, 0.25) is 0 Å². The van der Waals surface area contributed by atoms with Crippen molar-refractivity contribution in [2.24, 2.45) is 0 Å².